The third-order valence-electron chi connectivity index (χ3n) is 2.22. The summed E-state index contributed by atoms with van der Waals surface area (Å²) < 4.78 is 0. The van der Waals surface area contributed by atoms with Crippen LogP contribution in [0.1, 0.15) is 30.5 Å². The van der Waals surface area contributed by atoms with Crippen molar-refractivity contribution in [3.05, 3.63) is 46.7 Å². The van der Waals surface area contributed by atoms with Crippen LogP contribution in [0, 0.1) is 0 Å². The molecule has 1 unspecified atom stereocenters. The van der Waals surface area contributed by atoms with Crippen molar-refractivity contribution < 1.29 is 0 Å². The zero-order valence-corrected chi connectivity index (χ0v) is 10.2. The van der Waals surface area contributed by atoms with Crippen LogP contribution in [0.4, 0.5) is 0 Å². The number of nitrogens with zero attached hydrogens (tertiary/aromatic N) is 2. The molecule has 2 aromatic heterocycles. The summed E-state index contributed by atoms with van der Waals surface area (Å²) in [5.41, 5.74) is 1.16. The third kappa shape index (κ3) is 2.65. The Labute approximate surface area is 99.6 Å². The van der Waals surface area contributed by atoms with Crippen LogP contribution in [0.25, 0.3) is 0 Å². The summed E-state index contributed by atoms with van der Waals surface area (Å²) in [5, 5.41) is 6.59. The highest BCUT2D eigenvalue weighted by atomic mass is 32.1. The second kappa shape index (κ2) is 5.18. The number of thiazole rings is 1. The Hall–Kier alpha value is -1.26. The van der Waals surface area contributed by atoms with Crippen LogP contribution >= 0.6 is 11.3 Å². The van der Waals surface area contributed by atoms with Crippen molar-refractivity contribution in [2.45, 2.75) is 25.9 Å². The molecule has 0 fully saturated rings. The van der Waals surface area contributed by atoms with Crippen molar-refractivity contribution in [3.8, 4) is 0 Å². The Kier molecular flexibility index (Phi) is 3.64. The summed E-state index contributed by atoms with van der Waals surface area (Å²) >= 11 is 1.67. The van der Waals surface area contributed by atoms with Gasteiger partial charge in [0.25, 0.3) is 0 Å². The minimum Gasteiger partial charge on any atom is -0.302 e. The number of pyridine rings is 1. The molecule has 0 aliphatic heterocycles. The SMILES string of the molecule is CC(C)NC(c1cccnc1)c1nccs1. The molecule has 84 valence electrons. The van der Waals surface area contributed by atoms with E-state index in [1.54, 1.807) is 17.5 Å². The van der Waals surface area contributed by atoms with E-state index in [-0.39, 0.29) is 6.04 Å². The van der Waals surface area contributed by atoms with Crippen molar-refractivity contribution >= 4 is 11.3 Å². The molecule has 0 aliphatic carbocycles. The Bertz CT molecular complexity index is 411. The maximum atomic E-state index is 4.37. The fraction of sp³-hybridized carbons (Fsp3) is 0.333. The van der Waals surface area contributed by atoms with Gasteiger partial charge < -0.3 is 5.32 Å². The molecule has 0 amide bonds. The van der Waals surface area contributed by atoms with Gasteiger partial charge in [0.15, 0.2) is 0 Å². The van der Waals surface area contributed by atoms with Gasteiger partial charge in [0.1, 0.15) is 5.01 Å². The summed E-state index contributed by atoms with van der Waals surface area (Å²) in [6.45, 7) is 4.27. The van der Waals surface area contributed by atoms with E-state index in [9.17, 15) is 0 Å². The lowest BCUT2D eigenvalue weighted by atomic mass is 10.1. The quantitative estimate of drug-likeness (QED) is 0.882. The molecular formula is C12H15N3S. The van der Waals surface area contributed by atoms with Crippen LogP contribution in [0.3, 0.4) is 0 Å². The van der Waals surface area contributed by atoms with Crippen LogP contribution in [-0.2, 0) is 0 Å². The lowest BCUT2D eigenvalue weighted by Gasteiger charge is -2.19. The van der Waals surface area contributed by atoms with Crippen molar-refractivity contribution in [2.75, 3.05) is 0 Å². The van der Waals surface area contributed by atoms with Gasteiger partial charge in [-0.15, -0.1) is 11.3 Å². The van der Waals surface area contributed by atoms with E-state index in [0.717, 1.165) is 10.6 Å². The lowest BCUT2D eigenvalue weighted by Crippen LogP contribution is -2.28. The first kappa shape index (κ1) is 11.2. The maximum Gasteiger partial charge on any atom is 0.114 e. The first-order valence-electron chi connectivity index (χ1n) is 5.32. The normalized spacial score (nSPS) is 12.9. The fourth-order valence-electron chi connectivity index (χ4n) is 1.57. The molecule has 0 saturated heterocycles. The van der Waals surface area contributed by atoms with Gasteiger partial charge in [-0.25, -0.2) is 4.98 Å². The summed E-state index contributed by atoms with van der Waals surface area (Å²) in [5.74, 6) is 0. The highest BCUT2D eigenvalue weighted by Crippen LogP contribution is 2.23. The van der Waals surface area contributed by atoms with Gasteiger partial charge in [-0.3, -0.25) is 4.98 Å². The van der Waals surface area contributed by atoms with Gasteiger partial charge in [0.2, 0.25) is 0 Å². The summed E-state index contributed by atoms with van der Waals surface area (Å²) in [7, 11) is 0. The number of aromatic nitrogens is 2. The Morgan fingerprint density at radius 1 is 1.31 bits per heavy atom. The van der Waals surface area contributed by atoms with Crippen LogP contribution in [0.2, 0.25) is 0 Å². The van der Waals surface area contributed by atoms with Crippen LogP contribution in [-0.4, -0.2) is 16.0 Å². The van der Waals surface area contributed by atoms with E-state index in [4.69, 9.17) is 0 Å². The Morgan fingerprint density at radius 2 is 2.19 bits per heavy atom. The Balaban J connectivity index is 2.29. The molecule has 1 N–H and O–H groups in total. The van der Waals surface area contributed by atoms with Crippen molar-refractivity contribution in [1.29, 1.82) is 0 Å². The molecule has 0 saturated carbocycles. The molecule has 4 heteroatoms. The third-order valence-corrected chi connectivity index (χ3v) is 3.06. The predicted octanol–water partition coefficient (Wildman–Crippen LogP) is 2.63. The lowest BCUT2D eigenvalue weighted by molar-refractivity contribution is 0.526. The molecule has 0 radical (unpaired) electrons. The van der Waals surface area contributed by atoms with Gasteiger partial charge >= 0.3 is 0 Å². The van der Waals surface area contributed by atoms with Gasteiger partial charge in [-0.05, 0) is 25.5 Å². The number of nitrogens with one attached hydrogen (secondary N) is 1. The number of rotatable bonds is 4. The first-order chi connectivity index (χ1) is 7.77. The highest BCUT2D eigenvalue weighted by Gasteiger charge is 2.17. The zero-order chi connectivity index (χ0) is 11.4. The molecule has 0 spiro atoms. The van der Waals surface area contributed by atoms with Gasteiger partial charge in [-0.1, -0.05) is 6.07 Å². The fourth-order valence-corrected chi connectivity index (χ4v) is 2.29. The van der Waals surface area contributed by atoms with Gasteiger partial charge in [0, 0.05) is 30.0 Å². The van der Waals surface area contributed by atoms with E-state index in [1.807, 2.05) is 23.8 Å². The molecule has 0 aliphatic rings. The molecule has 3 nitrogen and oxygen atoms in total. The highest BCUT2D eigenvalue weighted by molar-refractivity contribution is 7.09. The minimum atomic E-state index is 0.147. The Morgan fingerprint density at radius 3 is 2.75 bits per heavy atom. The van der Waals surface area contributed by atoms with Crippen LogP contribution in [0.15, 0.2) is 36.1 Å². The standard InChI is InChI=1S/C12H15N3S/c1-9(2)15-11(12-14-6-7-16-12)10-4-3-5-13-8-10/h3-9,11,15H,1-2H3. The van der Waals surface area contributed by atoms with E-state index in [2.05, 4.69) is 35.2 Å². The van der Waals surface area contributed by atoms with Crippen molar-refractivity contribution in [2.24, 2.45) is 0 Å². The van der Waals surface area contributed by atoms with E-state index < -0.39 is 0 Å². The molecule has 16 heavy (non-hydrogen) atoms. The second-order valence-electron chi connectivity index (χ2n) is 3.91. The average molecular weight is 233 g/mol. The molecule has 2 aromatic rings. The summed E-state index contributed by atoms with van der Waals surface area (Å²) in [4.78, 5) is 8.53. The molecule has 1 atom stereocenters. The smallest absolute Gasteiger partial charge is 0.114 e. The first-order valence-corrected chi connectivity index (χ1v) is 6.20. The number of hydrogen-bond donors (Lipinski definition) is 1. The van der Waals surface area contributed by atoms with E-state index in [1.165, 1.54) is 0 Å². The zero-order valence-electron chi connectivity index (χ0n) is 9.42. The molecule has 0 bridgehead atoms. The second-order valence-corrected chi connectivity index (χ2v) is 4.84. The monoisotopic (exact) mass is 233 g/mol. The summed E-state index contributed by atoms with van der Waals surface area (Å²) in [6, 6.07) is 4.59. The number of hydrogen-bond acceptors (Lipinski definition) is 4. The van der Waals surface area contributed by atoms with Crippen LogP contribution in [0.5, 0.6) is 0 Å². The van der Waals surface area contributed by atoms with Gasteiger partial charge in [-0.2, -0.15) is 0 Å². The van der Waals surface area contributed by atoms with E-state index in [0.29, 0.717) is 6.04 Å². The topological polar surface area (TPSA) is 37.8 Å². The largest absolute Gasteiger partial charge is 0.302 e. The average Bonchev–Trinajstić information content (AvgIpc) is 2.80. The molecule has 2 rings (SSSR count). The molecular weight excluding hydrogens is 218 g/mol. The molecule has 0 aromatic carbocycles. The van der Waals surface area contributed by atoms with Gasteiger partial charge in [0.05, 0.1) is 6.04 Å². The van der Waals surface area contributed by atoms with Crippen molar-refractivity contribution in [3.63, 3.8) is 0 Å². The van der Waals surface area contributed by atoms with E-state index >= 15 is 0 Å². The maximum absolute atomic E-state index is 4.37. The summed E-state index contributed by atoms with van der Waals surface area (Å²) in [6.07, 6.45) is 5.52. The predicted molar refractivity (Wildman–Crippen MR) is 66.5 cm³/mol. The minimum absolute atomic E-state index is 0.147. The van der Waals surface area contributed by atoms with Crippen LogP contribution < -0.4 is 5.32 Å². The van der Waals surface area contributed by atoms with Crippen molar-refractivity contribution in [1.82, 2.24) is 15.3 Å². The molecule has 2 heterocycles.